The number of pyridine rings is 1. The Morgan fingerprint density at radius 1 is 1.23 bits per heavy atom. The Morgan fingerprint density at radius 3 is 2.86 bits per heavy atom. The second-order valence-electron chi connectivity index (χ2n) is 4.75. The molecule has 5 heteroatoms. The van der Waals surface area contributed by atoms with Gasteiger partial charge >= 0.3 is 0 Å². The molecular weight excluding hydrogens is 280 g/mol. The lowest BCUT2D eigenvalue weighted by atomic mass is 10.3. The molecule has 1 heterocycles. The third kappa shape index (κ3) is 4.41. The molecule has 0 aliphatic carbocycles. The van der Waals surface area contributed by atoms with E-state index in [9.17, 15) is 4.79 Å². The zero-order valence-electron chi connectivity index (χ0n) is 12.4. The highest BCUT2D eigenvalue weighted by Gasteiger charge is 2.03. The van der Waals surface area contributed by atoms with E-state index in [1.807, 2.05) is 12.1 Å². The summed E-state index contributed by atoms with van der Waals surface area (Å²) < 4.78 is 12.5. The fourth-order valence-corrected chi connectivity index (χ4v) is 1.98. The van der Waals surface area contributed by atoms with Gasteiger partial charge in [-0.1, -0.05) is 18.7 Å². The van der Waals surface area contributed by atoms with Crippen molar-refractivity contribution in [3.63, 3.8) is 0 Å². The standard InChI is InChI=1S/C17H20N2O3/c1-2-11-22-16-8-4-9-19(17(16)20)10-5-12-21-15-7-3-6-14(18)13-15/h2-4,6-9,13H,1,5,10-12,18H2. The molecule has 116 valence electrons. The van der Waals surface area contributed by atoms with Gasteiger partial charge in [0, 0.05) is 24.5 Å². The molecule has 0 atom stereocenters. The molecule has 0 saturated heterocycles. The van der Waals surface area contributed by atoms with E-state index in [2.05, 4.69) is 6.58 Å². The number of hydrogen-bond acceptors (Lipinski definition) is 4. The summed E-state index contributed by atoms with van der Waals surface area (Å²) in [6.07, 6.45) is 4.05. The maximum atomic E-state index is 12.1. The molecule has 1 aromatic heterocycles. The van der Waals surface area contributed by atoms with Gasteiger partial charge in [0.2, 0.25) is 0 Å². The first-order valence-corrected chi connectivity index (χ1v) is 7.12. The molecule has 22 heavy (non-hydrogen) atoms. The number of nitrogens with two attached hydrogens (primary N) is 1. The Morgan fingerprint density at radius 2 is 2.09 bits per heavy atom. The van der Waals surface area contributed by atoms with Gasteiger partial charge in [-0.2, -0.15) is 0 Å². The molecule has 2 aromatic rings. The number of aryl methyl sites for hydroxylation is 1. The summed E-state index contributed by atoms with van der Waals surface area (Å²) in [5, 5.41) is 0. The van der Waals surface area contributed by atoms with Crippen LogP contribution in [-0.4, -0.2) is 17.8 Å². The Bertz CT molecular complexity index is 680. The van der Waals surface area contributed by atoms with Crippen LogP contribution in [0.5, 0.6) is 11.5 Å². The first kappa shape index (κ1) is 15.7. The molecule has 0 fully saturated rings. The molecule has 0 saturated carbocycles. The first-order chi connectivity index (χ1) is 10.7. The lowest BCUT2D eigenvalue weighted by molar-refractivity contribution is 0.299. The Kier molecular flexibility index (Phi) is 5.65. The Hall–Kier alpha value is -2.69. The van der Waals surface area contributed by atoms with Crippen LogP contribution in [0.15, 0.2) is 60.0 Å². The lowest BCUT2D eigenvalue weighted by Crippen LogP contribution is -2.22. The third-order valence-corrected chi connectivity index (χ3v) is 3.01. The van der Waals surface area contributed by atoms with Gasteiger partial charge in [0.25, 0.3) is 5.56 Å². The zero-order chi connectivity index (χ0) is 15.8. The van der Waals surface area contributed by atoms with Gasteiger partial charge in [0.1, 0.15) is 12.4 Å². The first-order valence-electron chi connectivity index (χ1n) is 7.12. The number of ether oxygens (including phenoxy) is 2. The molecule has 0 amide bonds. The second kappa shape index (κ2) is 7.93. The number of nitrogen functional groups attached to an aromatic ring is 1. The van der Waals surface area contributed by atoms with E-state index in [0.717, 1.165) is 5.75 Å². The molecule has 0 aliphatic rings. The van der Waals surface area contributed by atoms with Crippen molar-refractivity contribution in [2.75, 3.05) is 18.9 Å². The average molecular weight is 300 g/mol. The molecule has 0 radical (unpaired) electrons. The second-order valence-corrected chi connectivity index (χ2v) is 4.75. The number of anilines is 1. The van der Waals surface area contributed by atoms with E-state index < -0.39 is 0 Å². The number of aromatic nitrogens is 1. The Labute approximate surface area is 129 Å². The number of hydrogen-bond donors (Lipinski definition) is 1. The number of benzene rings is 1. The number of nitrogens with zero attached hydrogens (tertiary/aromatic N) is 1. The van der Waals surface area contributed by atoms with Gasteiger partial charge in [-0.15, -0.1) is 0 Å². The van der Waals surface area contributed by atoms with E-state index in [1.54, 1.807) is 41.1 Å². The van der Waals surface area contributed by atoms with Gasteiger partial charge in [0.15, 0.2) is 5.75 Å². The molecule has 5 nitrogen and oxygen atoms in total. The lowest BCUT2D eigenvalue weighted by Gasteiger charge is -2.10. The molecule has 0 spiro atoms. The van der Waals surface area contributed by atoms with Crippen LogP contribution < -0.4 is 20.8 Å². The molecule has 2 rings (SSSR count). The zero-order valence-corrected chi connectivity index (χ0v) is 12.4. The van der Waals surface area contributed by atoms with Crippen molar-refractivity contribution >= 4 is 5.69 Å². The summed E-state index contributed by atoms with van der Waals surface area (Å²) in [5.74, 6) is 1.06. The number of rotatable bonds is 8. The van der Waals surface area contributed by atoms with E-state index in [4.69, 9.17) is 15.2 Å². The van der Waals surface area contributed by atoms with Gasteiger partial charge in [-0.05, 0) is 30.7 Å². The van der Waals surface area contributed by atoms with Crippen LogP contribution in [0.4, 0.5) is 5.69 Å². The summed E-state index contributed by atoms with van der Waals surface area (Å²) in [6.45, 7) is 4.95. The normalized spacial score (nSPS) is 10.2. The van der Waals surface area contributed by atoms with Gasteiger partial charge in [-0.3, -0.25) is 4.79 Å². The molecule has 0 unspecified atom stereocenters. The fourth-order valence-electron chi connectivity index (χ4n) is 1.98. The highest BCUT2D eigenvalue weighted by atomic mass is 16.5. The predicted octanol–water partition coefficient (Wildman–Crippen LogP) is 2.46. The summed E-state index contributed by atoms with van der Waals surface area (Å²) in [7, 11) is 0. The quantitative estimate of drug-likeness (QED) is 0.462. The van der Waals surface area contributed by atoms with Crippen LogP contribution in [0, 0.1) is 0 Å². The van der Waals surface area contributed by atoms with Crippen LogP contribution in [-0.2, 0) is 6.54 Å². The van der Waals surface area contributed by atoms with Crippen molar-refractivity contribution in [2.24, 2.45) is 0 Å². The maximum absolute atomic E-state index is 12.1. The summed E-state index contributed by atoms with van der Waals surface area (Å²) in [5.41, 5.74) is 6.21. The Balaban J connectivity index is 1.86. The minimum absolute atomic E-state index is 0.145. The van der Waals surface area contributed by atoms with Crippen molar-refractivity contribution in [3.05, 3.63) is 65.6 Å². The highest BCUT2D eigenvalue weighted by Crippen LogP contribution is 2.14. The van der Waals surface area contributed by atoms with Gasteiger partial charge in [0.05, 0.1) is 6.61 Å². The van der Waals surface area contributed by atoms with Crippen LogP contribution in [0.2, 0.25) is 0 Å². The summed E-state index contributed by atoms with van der Waals surface area (Å²) >= 11 is 0. The minimum Gasteiger partial charge on any atom is -0.493 e. The van der Waals surface area contributed by atoms with Crippen molar-refractivity contribution in [1.82, 2.24) is 4.57 Å². The predicted molar refractivity (Wildman–Crippen MR) is 87.4 cm³/mol. The van der Waals surface area contributed by atoms with Crippen LogP contribution in [0.25, 0.3) is 0 Å². The van der Waals surface area contributed by atoms with Crippen molar-refractivity contribution in [2.45, 2.75) is 13.0 Å². The minimum atomic E-state index is -0.145. The van der Waals surface area contributed by atoms with Gasteiger partial charge in [-0.25, -0.2) is 0 Å². The van der Waals surface area contributed by atoms with Crippen LogP contribution >= 0.6 is 0 Å². The summed E-state index contributed by atoms with van der Waals surface area (Å²) in [4.78, 5) is 12.1. The van der Waals surface area contributed by atoms with E-state index in [0.29, 0.717) is 37.6 Å². The van der Waals surface area contributed by atoms with E-state index in [1.165, 1.54) is 0 Å². The van der Waals surface area contributed by atoms with E-state index >= 15 is 0 Å². The molecular formula is C17H20N2O3. The monoisotopic (exact) mass is 300 g/mol. The van der Waals surface area contributed by atoms with Crippen LogP contribution in [0.1, 0.15) is 6.42 Å². The largest absolute Gasteiger partial charge is 0.493 e. The van der Waals surface area contributed by atoms with Gasteiger partial charge < -0.3 is 19.8 Å². The molecule has 0 aliphatic heterocycles. The fraction of sp³-hybridized carbons (Fsp3) is 0.235. The average Bonchev–Trinajstić information content (AvgIpc) is 2.52. The maximum Gasteiger partial charge on any atom is 0.292 e. The van der Waals surface area contributed by atoms with Crippen molar-refractivity contribution in [1.29, 1.82) is 0 Å². The molecule has 1 aromatic carbocycles. The SMILES string of the molecule is C=CCOc1cccn(CCCOc2cccc(N)c2)c1=O. The molecule has 2 N–H and O–H groups in total. The smallest absolute Gasteiger partial charge is 0.292 e. The van der Waals surface area contributed by atoms with Crippen LogP contribution in [0.3, 0.4) is 0 Å². The topological polar surface area (TPSA) is 66.5 Å². The summed E-state index contributed by atoms with van der Waals surface area (Å²) in [6, 6.07) is 10.7. The highest BCUT2D eigenvalue weighted by molar-refractivity contribution is 5.43. The van der Waals surface area contributed by atoms with E-state index in [-0.39, 0.29) is 5.56 Å². The van der Waals surface area contributed by atoms with Crippen molar-refractivity contribution < 1.29 is 9.47 Å². The molecule has 0 bridgehead atoms. The third-order valence-electron chi connectivity index (χ3n) is 3.01. The van der Waals surface area contributed by atoms with Crippen molar-refractivity contribution in [3.8, 4) is 11.5 Å².